The summed E-state index contributed by atoms with van der Waals surface area (Å²) in [6, 6.07) is -0.937. The first-order valence-corrected chi connectivity index (χ1v) is 5.07. The summed E-state index contributed by atoms with van der Waals surface area (Å²) in [5, 5.41) is 30.6. The highest BCUT2D eigenvalue weighted by atomic mass is 32.1. The van der Waals surface area contributed by atoms with Crippen LogP contribution in [0.3, 0.4) is 0 Å². The Bertz CT molecular complexity index is 251. The summed E-state index contributed by atoms with van der Waals surface area (Å²) in [6.07, 6.45) is -4.62. The maximum Gasteiger partial charge on any atom is 0.217 e. The fraction of sp³-hybridized carbons (Fsp3) is 0.875. The predicted molar refractivity (Wildman–Crippen MR) is 55.4 cm³/mol. The molecule has 1 heterocycles. The van der Waals surface area contributed by atoms with Crippen LogP contribution >= 0.6 is 12.9 Å². The number of amides is 1. The second-order valence-electron chi connectivity index (χ2n) is 3.54. The van der Waals surface area contributed by atoms with Gasteiger partial charge in [0.2, 0.25) is 5.91 Å². The van der Waals surface area contributed by atoms with Crippen molar-refractivity contribution in [2.45, 2.75) is 37.6 Å². The van der Waals surface area contributed by atoms with E-state index in [2.05, 4.69) is 22.4 Å². The van der Waals surface area contributed by atoms with Gasteiger partial charge in [-0.3, -0.25) is 8.98 Å². The zero-order valence-corrected chi connectivity index (χ0v) is 9.50. The predicted octanol–water partition coefficient (Wildman–Crippen LogP) is -2.21. The number of thiol groups is 1. The Morgan fingerprint density at radius 1 is 1.50 bits per heavy atom. The van der Waals surface area contributed by atoms with Gasteiger partial charge in [0.15, 0.2) is 6.29 Å². The van der Waals surface area contributed by atoms with Crippen molar-refractivity contribution in [2.24, 2.45) is 0 Å². The molecule has 8 heteroatoms. The van der Waals surface area contributed by atoms with E-state index >= 15 is 0 Å². The van der Waals surface area contributed by atoms with Crippen LogP contribution in [0.1, 0.15) is 6.92 Å². The third-order valence-electron chi connectivity index (χ3n) is 2.35. The smallest absolute Gasteiger partial charge is 0.217 e. The van der Waals surface area contributed by atoms with E-state index in [1.807, 2.05) is 0 Å². The Balaban J connectivity index is 2.77. The van der Waals surface area contributed by atoms with Gasteiger partial charge in [0, 0.05) is 6.92 Å². The molecule has 5 atom stereocenters. The van der Waals surface area contributed by atoms with Crippen LogP contribution in [-0.4, -0.2) is 58.5 Å². The largest absolute Gasteiger partial charge is 0.394 e. The Hall–Kier alpha value is -0.380. The molecule has 0 aromatic heterocycles. The number of carbonyl (C=O) groups is 1. The van der Waals surface area contributed by atoms with E-state index in [0.717, 1.165) is 0 Å². The zero-order chi connectivity index (χ0) is 12.3. The third kappa shape index (κ3) is 2.84. The molecule has 0 radical (unpaired) electrons. The van der Waals surface area contributed by atoms with Gasteiger partial charge in [-0.1, -0.05) is 0 Å². The summed E-state index contributed by atoms with van der Waals surface area (Å²) < 4.78 is 9.74. The molecule has 94 valence electrons. The Kier molecular flexibility index (Phi) is 4.96. The fourth-order valence-corrected chi connectivity index (χ4v) is 1.74. The molecule has 1 aliphatic rings. The highest BCUT2D eigenvalue weighted by Crippen LogP contribution is 2.22. The van der Waals surface area contributed by atoms with E-state index < -0.39 is 43.2 Å². The van der Waals surface area contributed by atoms with E-state index in [1.54, 1.807) is 0 Å². The third-order valence-corrected chi connectivity index (χ3v) is 2.56. The fourth-order valence-electron chi connectivity index (χ4n) is 1.56. The molecule has 16 heavy (non-hydrogen) atoms. The normalized spacial score (nSPS) is 39.4. The van der Waals surface area contributed by atoms with E-state index in [9.17, 15) is 15.0 Å². The summed E-state index contributed by atoms with van der Waals surface area (Å²) in [5.74, 6) is -0.405. The zero-order valence-electron chi connectivity index (χ0n) is 8.61. The number of nitrogens with one attached hydrogen (secondary N) is 1. The van der Waals surface area contributed by atoms with Gasteiger partial charge in [-0.05, 0) is 12.9 Å². The summed E-state index contributed by atoms with van der Waals surface area (Å²) in [4.78, 5) is 10.9. The molecule has 0 saturated carbocycles. The first kappa shape index (κ1) is 13.7. The average molecular weight is 253 g/mol. The molecule has 7 nitrogen and oxygen atoms in total. The lowest BCUT2D eigenvalue weighted by molar-refractivity contribution is -0.240. The Labute approximate surface area is 98.0 Å². The van der Waals surface area contributed by atoms with Gasteiger partial charge in [-0.2, -0.15) is 0 Å². The number of rotatable bonds is 3. The minimum Gasteiger partial charge on any atom is -0.394 e. The monoisotopic (exact) mass is 253 g/mol. The number of hydrogen-bond donors (Lipinski definition) is 5. The van der Waals surface area contributed by atoms with Gasteiger partial charge in [0.25, 0.3) is 0 Å². The van der Waals surface area contributed by atoms with Gasteiger partial charge in [0.1, 0.15) is 24.4 Å². The maximum absolute atomic E-state index is 10.9. The van der Waals surface area contributed by atoms with Gasteiger partial charge in [-0.25, -0.2) is 0 Å². The molecule has 4 N–H and O–H groups in total. The quantitative estimate of drug-likeness (QED) is 0.288. The van der Waals surface area contributed by atoms with Crippen LogP contribution in [0, 0.1) is 0 Å². The van der Waals surface area contributed by atoms with Gasteiger partial charge >= 0.3 is 0 Å². The molecule has 1 amide bonds. The molecular weight excluding hydrogens is 238 g/mol. The van der Waals surface area contributed by atoms with Crippen LogP contribution in [0.25, 0.3) is 0 Å². The highest BCUT2D eigenvalue weighted by Gasteiger charge is 2.45. The van der Waals surface area contributed by atoms with Gasteiger partial charge in [0.05, 0.1) is 6.61 Å². The molecule has 0 bridgehead atoms. The highest BCUT2D eigenvalue weighted by molar-refractivity contribution is 7.75. The number of ether oxygens (including phenoxy) is 1. The van der Waals surface area contributed by atoms with Crippen LogP contribution in [0.4, 0.5) is 0 Å². The van der Waals surface area contributed by atoms with Crippen molar-refractivity contribution in [2.75, 3.05) is 6.61 Å². The molecule has 0 aliphatic carbocycles. The van der Waals surface area contributed by atoms with E-state index in [4.69, 9.17) is 9.84 Å². The van der Waals surface area contributed by atoms with Crippen molar-refractivity contribution in [3.05, 3.63) is 0 Å². The Morgan fingerprint density at radius 3 is 2.56 bits per heavy atom. The van der Waals surface area contributed by atoms with Crippen molar-refractivity contribution >= 4 is 18.8 Å². The van der Waals surface area contributed by atoms with Crippen molar-refractivity contribution < 1.29 is 29.0 Å². The molecule has 1 saturated heterocycles. The molecule has 0 aromatic carbocycles. The molecule has 0 aromatic rings. The molecular formula is C8H15NO6S. The number of aliphatic hydroxyl groups is 3. The second kappa shape index (κ2) is 5.80. The van der Waals surface area contributed by atoms with Crippen molar-refractivity contribution in [3.63, 3.8) is 0 Å². The number of carbonyl (C=O) groups excluding carboxylic acids is 1. The van der Waals surface area contributed by atoms with E-state index in [1.165, 1.54) is 6.92 Å². The van der Waals surface area contributed by atoms with Crippen LogP contribution in [0.15, 0.2) is 0 Å². The molecule has 1 rings (SSSR count). The average Bonchev–Trinajstić information content (AvgIpc) is 2.25. The minimum absolute atomic E-state index is 0.405. The number of aliphatic hydroxyl groups excluding tert-OH is 3. The SMILES string of the molecule is CC(=O)NC1C(OS)OC(CO)C(O)C1O. The second-order valence-corrected chi connectivity index (χ2v) is 3.75. The summed E-state index contributed by atoms with van der Waals surface area (Å²) in [6.45, 7) is 0.783. The van der Waals surface area contributed by atoms with Crippen molar-refractivity contribution in [1.82, 2.24) is 5.32 Å². The maximum atomic E-state index is 10.9. The molecule has 0 spiro atoms. The molecule has 5 unspecified atom stereocenters. The first-order valence-electron chi connectivity index (χ1n) is 4.71. The first-order chi connectivity index (χ1) is 7.51. The van der Waals surface area contributed by atoms with Crippen molar-refractivity contribution in [1.29, 1.82) is 0 Å². The van der Waals surface area contributed by atoms with Crippen molar-refractivity contribution in [3.8, 4) is 0 Å². The van der Waals surface area contributed by atoms with Crippen LogP contribution in [0.5, 0.6) is 0 Å². The summed E-state index contributed by atoms with van der Waals surface area (Å²) >= 11 is 3.54. The summed E-state index contributed by atoms with van der Waals surface area (Å²) in [7, 11) is 0. The summed E-state index contributed by atoms with van der Waals surface area (Å²) in [5.41, 5.74) is 0. The lowest BCUT2D eigenvalue weighted by Gasteiger charge is -2.41. The van der Waals surface area contributed by atoms with Gasteiger partial charge < -0.3 is 25.4 Å². The van der Waals surface area contributed by atoms with Gasteiger partial charge in [-0.15, -0.1) is 0 Å². The molecule has 1 fully saturated rings. The van der Waals surface area contributed by atoms with E-state index in [-0.39, 0.29) is 0 Å². The van der Waals surface area contributed by atoms with E-state index in [0.29, 0.717) is 0 Å². The lowest BCUT2D eigenvalue weighted by Crippen LogP contribution is -2.64. The minimum atomic E-state index is -1.30. The topological polar surface area (TPSA) is 108 Å². The van der Waals surface area contributed by atoms with Crippen LogP contribution < -0.4 is 5.32 Å². The number of hydrogen-bond acceptors (Lipinski definition) is 7. The standard InChI is InChI=1S/C8H15NO6S/c1-3(11)9-5-7(13)6(12)4(2-10)14-8(5)15-16/h4-8,10,12-13,16H,2H2,1H3,(H,9,11). The van der Waals surface area contributed by atoms with Crippen LogP contribution in [0.2, 0.25) is 0 Å². The van der Waals surface area contributed by atoms with Crippen LogP contribution in [-0.2, 0) is 13.7 Å². The molecule has 1 aliphatic heterocycles. The lowest BCUT2D eigenvalue weighted by atomic mass is 9.97. The Morgan fingerprint density at radius 2 is 2.12 bits per heavy atom.